The van der Waals surface area contributed by atoms with Gasteiger partial charge in [0.1, 0.15) is 0 Å². The SMILES string of the molecule is CCOC(=O)C1C=C(CCC(=O)OC)C(=O)CC1. The van der Waals surface area contributed by atoms with Crippen LogP contribution in [0.25, 0.3) is 0 Å². The molecule has 1 atom stereocenters. The van der Waals surface area contributed by atoms with E-state index in [1.807, 2.05) is 0 Å². The molecule has 5 heteroatoms. The second-order valence-electron chi connectivity index (χ2n) is 4.09. The lowest BCUT2D eigenvalue weighted by molar-refractivity contribution is -0.146. The molecule has 1 aliphatic rings. The highest BCUT2D eigenvalue weighted by Crippen LogP contribution is 2.24. The van der Waals surface area contributed by atoms with E-state index in [1.54, 1.807) is 13.0 Å². The van der Waals surface area contributed by atoms with Crippen LogP contribution in [0.2, 0.25) is 0 Å². The number of carbonyl (C=O) groups is 3. The van der Waals surface area contributed by atoms with E-state index in [1.165, 1.54) is 7.11 Å². The van der Waals surface area contributed by atoms with Crippen molar-refractivity contribution < 1.29 is 23.9 Å². The Balaban J connectivity index is 2.64. The molecule has 0 saturated heterocycles. The lowest BCUT2D eigenvalue weighted by Gasteiger charge is -2.18. The third-order valence-electron chi connectivity index (χ3n) is 2.86. The molecule has 0 fully saturated rings. The summed E-state index contributed by atoms with van der Waals surface area (Å²) >= 11 is 0. The van der Waals surface area contributed by atoms with Gasteiger partial charge in [-0.3, -0.25) is 14.4 Å². The Morgan fingerprint density at radius 1 is 1.44 bits per heavy atom. The highest BCUT2D eigenvalue weighted by Gasteiger charge is 2.26. The Labute approximate surface area is 106 Å². The smallest absolute Gasteiger partial charge is 0.312 e. The summed E-state index contributed by atoms with van der Waals surface area (Å²) < 4.78 is 9.45. The van der Waals surface area contributed by atoms with E-state index in [-0.39, 0.29) is 30.1 Å². The zero-order valence-electron chi connectivity index (χ0n) is 10.7. The van der Waals surface area contributed by atoms with E-state index in [2.05, 4.69) is 4.74 Å². The quantitative estimate of drug-likeness (QED) is 0.694. The zero-order chi connectivity index (χ0) is 13.5. The third kappa shape index (κ3) is 3.98. The number of rotatable bonds is 5. The normalized spacial score (nSPS) is 19.1. The summed E-state index contributed by atoms with van der Waals surface area (Å²) in [6.45, 7) is 2.07. The third-order valence-corrected chi connectivity index (χ3v) is 2.86. The van der Waals surface area contributed by atoms with Gasteiger partial charge in [0, 0.05) is 12.8 Å². The highest BCUT2D eigenvalue weighted by atomic mass is 16.5. The van der Waals surface area contributed by atoms with Crippen molar-refractivity contribution in [3.63, 3.8) is 0 Å². The fourth-order valence-electron chi connectivity index (χ4n) is 1.86. The number of hydrogen-bond acceptors (Lipinski definition) is 5. The Hall–Kier alpha value is -1.65. The number of esters is 2. The molecule has 100 valence electrons. The maximum absolute atomic E-state index is 11.6. The van der Waals surface area contributed by atoms with Crippen molar-refractivity contribution in [3.8, 4) is 0 Å². The molecule has 0 heterocycles. The average molecular weight is 254 g/mol. The standard InChI is InChI=1S/C13H18O5/c1-3-18-13(16)10-4-6-11(14)9(8-10)5-7-12(15)17-2/h8,10H,3-7H2,1-2H3. The predicted octanol–water partition coefficient (Wildman–Crippen LogP) is 1.41. The topological polar surface area (TPSA) is 69.7 Å². The van der Waals surface area contributed by atoms with Crippen LogP contribution in [0.3, 0.4) is 0 Å². The molecule has 0 saturated carbocycles. The van der Waals surface area contributed by atoms with Crippen molar-refractivity contribution in [1.29, 1.82) is 0 Å². The van der Waals surface area contributed by atoms with E-state index >= 15 is 0 Å². The number of carbonyl (C=O) groups excluding carboxylic acids is 3. The molecule has 0 aromatic heterocycles. The summed E-state index contributed by atoms with van der Waals surface area (Å²) in [6, 6.07) is 0. The van der Waals surface area contributed by atoms with Crippen molar-refractivity contribution in [2.24, 2.45) is 5.92 Å². The maximum Gasteiger partial charge on any atom is 0.312 e. The van der Waals surface area contributed by atoms with Crippen molar-refractivity contribution >= 4 is 17.7 Å². The number of ketones is 1. The summed E-state index contributed by atoms with van der Waals surface area (Å²) in [5.41, 5.74) is 0.532. The Morgan fingerprint density at radius 2 is 2.17 bits per heavy atom. The first kappa shape index (κ1) is 14.4. The van der Waals surface area contributed by atoms with Crippen LogP contribution in [0.15, 0.2) is 11.6 Å². The van der Waals surface area contributed by atoms with E-state index in [9.17, 15) is 14.4 Å². The second-order valence-corrected chi connectivity index (χ2v) is 4.09. The van der Waals surface area contributed by atoms with Gasteiger partial charge in [-0.05, 0) is 25.3 Å². The Morgan fingerprint density at radius 3 is 2.78 bits per heavy atom. The van der Waals surface area contributed by atoms with Gasteiger partial charge >= 0.3 is 11.9 Å². The fraction of sp³-hybridized carbons (Fsp3) is 0.615. The van der Waals surface area contributed by atoms with Gasteiger partial charge in [0.2, 0.25) is 0 Å². The van der Waals surface area contributed by atoms with Crippen LogP contribution in [-0.4, -0.2) is 31.4 Å². The molecular weight excluding hydrogens is 236 g/mol. The van der Waals surface area contributed by atoms with Gasteiger partial charge in [-0.25, -0.2) is 0 Å². The number of Topliss-reactive ketones (excluding diaryl/α,β-unsaturated/α-hetero) is 1. The summed E-state index contributed by atoms with van der Waals surface area (Å²) in [4.78, 5) is 34.3. The van der Waals surface area contributed by atoms with Gasteiger partial charge in [-0.2, -0.15) is 0 Å². The van der Waals surface area contributed by atoms with Gasteiger partial charge in [0.05, 0.1) is 19.6 Å². The minimum Gasteiger partial charge on any atom is -0.469 e. The van der Waals surface area contributed by atoms with E-state index < -0.39 is 0 Å². The molecule has 18 heavy (non-hydrogen) atoms. The molecular formula is C13H18O5. The lowest BCUT2D eigenvalue weighted by Crippen LogP contribution is -2.23. The molecule has 0 radical (unpaired) electrons. The number of allylic oxidation sites excluding steroid dienone is 1. The van der Waals surface area contributed by atoms with Gasteiger partial charge in [0.25, 0.3) is 0 Å². The minimum absolute atomic E-state index is 0.000508. The van der Waals surface area contributed by atoms with Gasteiger partial charge in [-0.15, -0.1) is 0 Å². The molecule has 5 nitrogen and oxygen atoms in total. The van der Waals surface area contributed by atoms with Gasteiger partial charge in [-0.1, -0.05) is 6.08 Å². The zero-order valence-corrected chi connectivity index (χ0v) is 10.7. The maximum atomic E-state index is 11.6. The molecule has 0 amide bonds. The molecule has 0 aromatic carbocycles. The molecule has 0 bridgehead atoms. The van der Waals surface area contributed by atoms with Gasteiger partial charge < -0.3 is 9.47 Å². The average Bonchev–Trinajstić information content (AvgIpc) is 2.37. The molecule has 0 spiro atoms. The second kappa shape index (κ2) is 6.93. The first-order chi connectivity index (χ1) is 8.58. The van der Waals surface area contributed by atoms with Crippen molar-refractivity contribution in [2.45, 2.75) is 32.6 Å². The lowest BCUT2D eigenvalue weighted by atomic mass is 9.87. The Bertz CT molecular complexity index is 370. The van der Waals surface area contributed by atoms with Crippen LogP contribution >= 0.6 is 0 Å². The van der Waals surface area contributed by atoms with Crippen LogP contribution < -0.4 is 0 Å². The van der Waals surface area contributed by atoms with E-state index in [0.29, 0.717) is 31.4 Å². The summed E-state index contributed by atoms with van der Waals surface area (Å²) in [7, 11) is 1.31. The molecule has 1 unspecified atom stereocenters. The van der Waals surface area contributed by atoms with Crippen molar-refractivity contribution in [1.82, 2.24) is 0 Å². The van der Waals surface area contributed by atoms with Crippen LogP contribution in [0.1, 0.15) is 32.6 Å². The summed E-state index contributed by atoms with van der Waals surface area (Å²) in [6.07, 6.45) is 2.92. The summed E-state index contributed by atoms with van der Waals surface area (Å²) in [5.74, 6) is -1.03. The van der Waals surface area contributed by atoms with Crippen LogP contribution in [-0.2, 0) is 23.9 Å². The van der Waals surface area contributed by atoms with Gasteiger partial charge in [0.15, 0.2) is 5.78 Å². The largest absolute Gasteiger partial charge is 0.469 e. The van der Waals surface area contributed by atoms with Crippen LogP contribution in [0.4, 0.5) is 0 Å². The van der Waals surface area contributed by atoms with Crippen molar-refractivity contribution in [3.05, 3.63) is 11.6 Å². The highest BCUT2D eigenvalue weighted by molar-refractivity contribution is 5.98. The number of hydrogen-bond donors (Lipinski definition) is 0. The molecule has 0 N–H and O–H groups in total. The first-order valence-electron chi connectivity index (χ1n) is 6.05. The minimum atomic E-state index is -0.365. The number of ether oxygens (including phenoxy) is 2. The first-order valence-corrected chi connectivity index (χ1v) is 6.05. The predicted molar refractivity (Wildman–Crippen MR) is 63.7 cm³/mol. The van der Waals surface area contributed by atoms with E-state index in [4.69, 9.17) is 4.74 Å². The van der Waals surface area contributed by atoms with Crippen LogP contribution in [0, 0.1) is 5.92 Å². The van der Waals surface area contributed by atoms with E-state index in [0.717, 1.165) is 0 Å². The molecule has 1 aliphatic carbocycles. The number of methoxy groups -OCH3 is 1. The van der Waals surface area contributed by atoms with Crippen LogP contribution in [0.5, 0.6) is 0 Å². The monoisotopic (exact) mass is 254 g/mol. The fourth-order valence-corrected chi connectivity index (χ4v) is 1.86. The molecule has 0 aromatic rings. The Kier molecular flexibility index (Phi) is 5.55. The molecule has 0 aliphatic heterocycles. The molecule has 1 rings (SSSR count). The summed E-state index contributed by atoms with van der Waals surface area (Å²) in [5, 5.41) is 0. The van der Waals surface area contributed by atoms with Crippen molar-refractivity contribution in [2.75, 3.05) is 13.7 Å².